The van der Waals surface area contributed by atoms with Crippen LogP contribution in [0.4, 0.5) is 0 Å². The summed E-state index contributed by atoms with van der Waals surface area (Å²) in [5.74, 6) is 0.757. The van der Waals surface area contributed by atoms with E-state index in [-0.39, 0.29) is 0 Å². The summed E-state index contributed by atoms with van der Waals surface area (Å²) in [6.07, 6.45) is 1.51. The number of fused-ring (bicyclic) bond motifs is 1. The van der Waals surface area contributed by atoms with E-state index in [1.165, 1.54) is 6.33 Å². The number of nitrogens with one attached hydrogen (secondary N) is 2. The quantitative estimate of drug-likeness (QED) is 0.582. The van der Waals surface area contributed by atoms with Crippen molar-refractivity contribution in [3.63, 3.8) is 0 Å². The van der Waals surface area contributed by atoms with E-state index in [0.29, 0.717) is 0 Å². The summed E-state index contributed by atoms with van der Waals surface area (Å²) in [5.41, 5.74) is 4.04. The zero-order valence-corrected chi connectivity index (χ0v) is 10.5. The van der Waals surface area contributed by atoms with Crippen molar-refractivity contribution < 1.29 is 0 Å². The number of aromatic amines is 2. The van der Waals surface area contributed by atoms with E-state index in [2.05, 4.69) is 43.6 Å². The minimum absolute atomic E-state index is 0.757. The van der Waals surface area contributed by atoms with Crippen molar-refractivity contribution in [2.75, 3.05) is 0 Å². The van der Waals surface area contributed by atoms with Crippen LogP contribution in [0.25, 0.3) is 33.5 Å². The molecule has 96 valence electrons. The molecule has 5 nitrogen and oxygen atoms in total. The maximum Gasteiger partial charge on any atom is 0.155 e. The highest BCUT2D eigenvalue weighted by Crippen LogP contribution is 2.28. The van der Waals surface area contributed by atoms with Crippen LogP contribution in [0, 0.1) is 0 Å². The molecule has 0 aliphatic rings. The SMILES string of the molecule is c1ccc(-c2n[nH]c3ccc(-c4ncn[nH]4)cc23)cc1. The fourth-order valence-electron chi connectivity index (χ4n) is 2.32. The molecule has 2 aromatic heterocycles. The van der Waals surface area contributed by atoms with Gasteiger partial charge in [0.2, 0.25) is 0 Å². The number of aromatic nitrogens is 5. The fraction of sp³-hybridized carbons (Fsp3) is 0. The van der Waals surface area contributed by atoms with Gasteiger partial charge in [0.25, 0.3) is 0 Å². The van der Waals surface area contributed by atoms with E-state index < -0.39 is 0 Å². The molecular weight excluding hydrogens is 250 g/mol. The summed E-state index contributed by atoms with van der Waals surface area (Å²) in [4.78, 5) is 4.18. The van der Waals surface area contributed by atoms with Crippen LogP contribution in [-0.2, 0) is 0 Å². The molecule has 0 atom stereocenters. The third-order valence-corrected chi connectivity index (χ3v) is 3.30. The number of hydrogen-bond acceptors (Lipinski definition) is 3. The van der Waals surface area contributed by atoms with Crippen LogP contribution in [0.15, 0.2) is 54.9 Å². The average molecular weight is 261 g/mol. The predicted molar refractivity (Wildman–Crippen MR) is 76.9 cm³/mol. The Morgan fingerprint density at radius 2 is 1.75 bits per heavy atom. The summed E-state index contributed by atoms with van der Waals surface area (Å²) in [6, 6.07) is 16.2. The molecule has 4 aromatic rings. The molecule has 4 rings (SSSR count). The summed E-state index contributed by atoms with van der Waals surface area (Å²) in [6.45, 7) is 0. The summed E-state index contributed by atoms with van der Waals surface area (Å²) in [7, 11) is 0. The summed E-state index contributed by atoms with van der Waals surface area (Å²) >= 11 is 0. The van der Waals surface area contributed by atoms with Crippen LogP contribution in [0.2, 0.25) is 0 Å². The lowest BCUT2D eigenvalue weighted by Crippen LogP contribution is -1.82. The zero-order chi connectivity index (χ0) is 13.4. The van der Waals surface area contributed by atoms with E-state index in [0.717, 1.165) is 33.5 Å². The second-order valence-electron chi connectivity index (χ2n) is 4.53. The Morgan fingerprint density at radius 3 is 2.55 bits per heavy atom. The highest BCUT2D eigenvalue weighted by atomic mass is 15.2. The zero-order valence-electron chi connectivity index (χ0n) is 10.5. The molecule has 2 aromatic carbocycles. The number of hydrogen-bond donors (Lipinski definition) is 2. The van der Waals surface area contributed by atoms with E-state index >= 15 is 0 Å². The maximum atomic E-state index is 4.42. The van der Waals surface area contributed by atoms with Gasteiger partial charge >= 0.3 is 0 Å². The first-order valence-electron chi connectivity index (χ1n) is 6.31. The standard InChI is InChI=1S/C15H11N5/c1-2-4-10(5-3-1)14-12-8-11(15-16-9-17-20-15)6-7-13(12)18-19-14/h1-9H,(H,18,19)(H,16,17,20). The van der Waals surface area contributed by atoms with Crippen molar-refractivity contribution in [3.05, 3.63) is 54.9 Å². The molecule has 2 N–H and O–H groups in total. The minimum Gasteiger partial charge on any atom is -0.277 e. The number of nitrogens with zero attached hydrogens (tertiary/aromatic N) is 3. The monoisotopic (exact) mass is 261 g/mol. The first-order chi connectivity index (χ1) is 9.92. The molecule has 0 saturated heterocycles. The van der Waals surface area contributed by atoms with Gasteiger partial charge in [-0.05, 0) is 18.2 Å². The summed E-state index contributed by atoms with van der Waals surface area (Å²) < 4.78 is 0. The Hall–Kier alpha value is -2.95. The van der Waals surface area contributed by atoms with Gasteiger partial charge in [-0.15, -0.1) is 0 Å². The molecule has 0 spiro atoms. The average Bonchev–Trinajstić information content (AvgIpc) is 3.17. The molecule has 0 unspecified atom stereocenters. The van der Waals surface area contributed by atoms with Gasteiger partial charge in [0, 0.05) is 16.5 Å². The molecule has 0 aliphatic heterocycles. The number of benzene rings is 2. The molecule has 2 heterocycles. The Morgan fingerprint density at radius 1 is 0.850 bits per heavy atom. The first kappa shape index (κ1) is 10.9. The van der Waals surface area contributed by atoms with Crippen LogP contribution in [-0.4, -0.2) is 25.4 Å². The highest BCUT2D eigenvalue weighted by Gasteiger charge is 2.10. The number of H-pyrrole nitrogens is 2. The molecule has 0 bridgehead atoms. The Labute approximate surface area is 114 Å². The van der Waals surface area contributed by atoms with Crippen LogP contribution >= 0.6 is 0 Å². The van der Waals surface area contributed by atoms with Crippen molar-refractivity contribution in [3.8, 4) is 22.6 Å². The first-order valence-corrected chi connectivity index (χ1v) is 6.31. The second-order valence-corrected chi connectivity index (χ2v) is 4.53. The fourth-order valence-corrected chi connectivity index (χ4v) is 2.32. The van der Waals surface area contributed by atoms with Crippen molar-refractivity contribution >= 4 is 10.9 Å². The minimum atomic E-state index is 0.757. The third kappa shape index (κ3) is 1.68. The van der Waals surface area contributed by atoms with Crippen molar-refractivity contribution in [1.29, 1.82) is 0 Å². The second kappa shape index (κ2) is 4.31. The molecular formula is C15H11N5. The van der Waals surface area contributed by atoms with E-state index in [1.807, 2.05) is 30.3 Å². The highest BCUT2D eigenvalue weighted by molar-refractivity contribution is 5.95. The predicted octanol–water partition coefficient (Wildman–Crippen LogP) is 3.02. The topological polar surface area (TPSA) is 70.2 Å². The van der Waals surface area contributed by atoms with E-state index in [4.69, 9.17) is 0 Å². The molecule has 0 amide bonds. The van der Waals surface area contributed by atoms with Crippen molar-refractivity contribution in [2.24, 2.45) is 0 Å². The van der Waals surface area contributed by atoms with E-state index in [1.54, 1.807) is 0 Å². The maximum absolute atomic E-state index is 4.42. The van der Waals surface area contributed by atoms with Crippen molar-refractivity contribution in [1.82, 2.24) is 25.4 Å². The van der Waals surface area contributed by atoms with E-state index in [9.17, 15) is 0 Å². The van der Waals surface area contributed by atoms with Crippen molar-refractivity contribution in [2.45, 2.75) is 0 Å². The molecule has 0 saturated carbocycles. The Balaban J connectivity index is 1.93. The largest absolute Gasteiger partial charge is 0.277 e. The smallest absolute Gasteiger partial charge is 0.155 e. The normalized spacial score (nSPS) is 11.0. The Kier molecular flexibility index (Phi) is 2.35. The van der Waals surface area contributed by atoms with Gasteiger partial charge in [-0.25, -0.2) is 4.98 Å². The molecule has 0 fully saturated rings. The van der Waals surface area contributed by atoms with Crippen LogP contribution in [0.5, 0.6) is 0 Å². The van der Waals surface area contributed by atoms with Gasteiger partial charge in [-0.3, -0.25) is 10.2 Å². The molecule has 20 heavy (non-hydrogen) atoms. The van der Waals surface area contributed by atoms with Crippen LogP contribution in [0.3, 0.4) is 0 Å². The van der Waals surface area contributed by atoms with Gasteiger partial charge in [-0.2, -0.15) is 10.2 Å². The lowest BCUT2D eigenvalue weighted by Gasteiger charge is -1.99. The van der Waals surface area contributed by atoms with Gasteiger partial charge in [-0.1, -0.05) is 30.3 Å². The Bertz CT molecular complexity index is 847. The van der Waals surface area contributed by atoms with Gasteiger partial charge in [0.15, 0.2) is 5.82 Å². The lowest BCUT2D eigenvalue weighted by atomic mass is 10.1. The number of rotatable bonds is 2. The third-order valence-electron chi connectivity index (χ3n) is 3.30. The summed E-state index contributed by atoms with van der Waals surface area (Å²) in [5, 5.41) is 15.3. The van der Waals surface area contributed by atoms with Crippen LogP contribution < -0.4 is 0 Å². The van der Waals surface area contributed by atoms with Crippen LogP contribution in [0.1, 0.15) is 0 Å². The van der Waals surface area contributed by atoms with Gasteiger partial charge in [0.1, 0.15) is 6.33 Å². The van der Waals surface area contributed by atoms with Gasteiger partial charge in [0.05, 0.1) is 11.2 Å². The molecule has 0 aliphatic carbocycles. The lowest BCUT2D eigenvalue weighted by molar-refractivity contribution is 1.10. The molecule has 0 radical (unpaired) electrons. The van der Waals surface area contributed by atoms with Gasteiger partial charge < -0.3 is 0 Å². The molecule has 5 heteroatoms.